The van der Waals surface area contributed by atoms with Crippen molar-refractivity contribution in [2.75, 3.05) is 17.7 Å². The van der Waals surface area contributed by atoms with Crippen LogP contribution in [0.2, 0.25) is 0 Å². The molecule has 0 spiro atoms. The van der Waals surface area contributed by atoms with Crippen LogP contribution >= 0.6 is 0 Å². The Morgan fingerprint density at radius 1 is 1.50 bits per heavy atom. The van der Waals surface area contributed by atoms with Gasteiger partial charge in [-0.3, -0.25) is 0 Å². The van der Waals surface area contributed by atoms with Gasteiger partial charge in [-0.25, -0.2) is 9.18 Å². The predicted octanol–water partition coefficient (Wildman–Crippen LogP) is 1.53. The molecule has 1 aromatic carbocycles. The standard InChI is InChI=1S/C12H17FN2O3/c1-6(2)9(5-16)15-8-4-3-7(13)11(14)10(8)12(17)18/h3-4,6,9,15-16H,5,14H2,1-2H3,(H,17,18)/t9-/m1/s1. The maximum atomic E-state index is 13.2. The fourth-order valence-electron chi connectivity index (χ4n) is 1.57. The van der Waals surface area contributed by atoms with Gasteiger partial charge < -0.3 is 21.3 Å². The van der Waals surface area contributed by atoms with Crippen molar-refractivity contribution >= 4 is 17.3 Å². The summed E-state index contributed by atoms with van der Waals surface area (Å²) in [7, 11) is 0. The number of rotatable bonds is 5. The third-order valence-electron chi connectivity index (χ3n) is 2.75. The molecule has 0 unspecified atom stereocenters. The third kappa shape index (κ3) is 2.89. The first-order valence-corrected chi connectivity index (χ1v) is 5.57. The van der Waals surface area contributed by atoms with Crippen LogP contribution in [0.3, 0.4) is 0 Å². The van der Waals surface area contributed by atoms with E-state index in [1.54, 1.807) is 0 Å². The number of carboxylic acid groups (broad SMARTS) is 1. The number of hydrogen-bond donors (Lipinski definition) is 4. The van der Waals surface area contributed by atoms with Gasteiger partial charge in [0, 0.05) is 0 Å². The van der Waals surface area contributed by atoms with E-state index in [1.807, 2.05) is 13.8 Å². The van der Waals surface area contributed by atoms with Gasteiger partial charge in [0.25, 0.3) is 0 Å². The lowest BCUT2D eigenvalue weighted by molar-refractivity contribution is 0.0698. The van der Waals surface area contributed by atoms with E-state index in [1.165, 1.54) is 6.07 Å². The molecule has 0 aliphatic carbocycles. The Morgan fingerprint density at radius 2 is 2.11 bits per heavy atom. The molecule has 1 atom stereocenters. The van der Waals surface area contributed by atoms with E-state index in [0.717, 1.165) is 6.07 Å². The van der Waals surface area contributed by atoms with Crippen LogP contribution < -0.4 is 11.1 Å². The molecule has 5 N–H and O–H groups in total. The number of nitrogens with two attached hydrogens (primary N) is 1. The van der Waals surface area contributed by atoms with Crippen molar-refractivity contribution in [2.45, 2.75) is 19.9 Å². The second-order valence-electron chi connectivity index (χ2n) is 4.37. The summed E-state index contributed by atoms with van der Waals surface area (Å²) in [5.41, 5.74) is 4.90. The van der Waals surface area contributed by atoms with Crippen LogP contribution in [0.15, 0.2) is 12.1 Å². The number of hydrogen-bond acceptors (Lipinski definition) is 4. The van der Waals surface area contributed by atoms with Gasteiger partial charge in [0.05, 0.1) is 24.0 Å². The molecular formula is C12H17FN2O3. The van der Waals surface area contributed by atoms with Gasteiger partial charge in [-0.15, -0.1) is 0 Å². The summed E-state index contributed by atoms with van der Waals surface area (Å²) in [5.74, 6) is -2.00. The molecule has 0 aliphatic rings. The number of carbonyl (C=O) groups is 1. The normalized spacial score (nSPS) is 12.5. The maximum Gasteiger partial charge on any atom is 0.340 e. The molecule has 1 rings (SSSR count). The highest BCUT2D eigenvalue weighted by molar-refractivity contribution is 6.00. The number of benzene rings is 1. The van der Waals surface area contributed by atoms with Crippen LogP contribution in [-0.2, 0) is 0 Å². The Balaban J connectivity index is 3.16. The lowest BCUT2D eigenvalue weighted by Crippen LogP contribution is -2.30. The fourth-order valence-corrected chi connectivity index (χ4v) is 1.57. The Bertz CT molecular complexity index is 449. The monoisotopic (exact) mass is 256 g/mol. The van der Waals surface area contributed by atoms with Crippen LogP contribution in [0.5, 0.6) is 0 Å². The fraction of sp³-hybridized carbons (Fsp3) is 0.417. The lowest BCUT2D eigenvalue weighted by atomic mass is 10.0. The number of aliphatic hydroxyl groups is 1. The summed E-state index contributed by atoms with van der Waals surface area (Å²) in [6, 6.07) is 2.08. The van der Waals surface area contributed by atoms with E-state index >= 15 is 0 Å². The van der Waals surface area contributed by atoms with Gasteiger partial charge in [0.15, 0.2) is 0 Å². The van der Waals surface area contributed by atoms with Gasteiger partial charge in [-0.2, -0.15) is 0 Å². The number of halogens is 1. The van der Waals surface area contributed by atoms with Crippen molar-refractivity contribution in [1.29, 1.82) is 0 Å². The molecule has 0 aliphatic heterocycles. The SMILES string of the molecule is CC(C)[C@@H](CO)Nc1ccc(F)c(N)c1C(=O)O. The summed E-state index contributed by atoms with van der Waals surface area (Å²) < 4.78 is 13.2. The number of anilines is 2. The van der Waals surface area contributed by atoms with E-state index in [9.17, 15) is 14.3 Å². The minimum Gasteiger partial charge on any atom is -0.478 e. The maximum absolute atomic E-state index is 13.2. The van der Waals surface area contributed by atoms with Crippen molar-refractivity contribution in [2.24, 2.45) is 5.92 Å². The van der Waals surface area contributed by atoms with Crippen LogP contribution in [0.1, 0.15) is 24.2 Å². The molecule has 6 heteroatoms. The molecular weight excluding hydrogens is 239 g/mol. The minimum absolute atomic E-state index is 0.0860. The highest BCUT2D eigenvalue weighted by Crippen LogP contribution is 2.26. The Morgan fingerprint density at radius 3 is 2.56 bits per heavy atom. The first kappa shape index (κ1) is 14.2. The molecule has 0 radical (unpaired) electrons. The summed E-state index contributed by atoms with van der Waals surface area (Å²) in [6.45, 7) is 3.59. The largest absolute Gasteiger partial charge is 0.478 e. The number of aliphatic hydroxyl groups excluding tert-OH is 1. The van der Waals surface area contributed by atoms with Crippen molar-refractivity contribution < 1.29 is 19.4 Å². The second kappa shape index (κ2) is 5.68. The van der Waals surface area contributed by atoms with Crippen LogP contribution in [0.25, 0.3) is 0 Å². The van der Waals surface area contributed by atoms with Crippen LogP contribution in [0.4, 0.5) is 15.8 Å². The Kier molecular flexibility index (Phi) is 4.49. The molecule has 0 aromatic heterocycles. The van der Waals surface area contributed by atoms with E-state index < -0.39 is 17.5 Å². The second-order valence-corrected chi connectivity index (χ2v) is 4.37. The molecule has 5 nitrogen and oxygen atoms in total. The van der Waals surface area contributed by atoms with Gasteiger partial charge in [-0.05, 0) is 18.1 Å². The summed E-state index contributed by atoms with van der Waals surface area (Å²) in [5, 5.41) is 21.1. The van der Waals surface area contributed by atoms with Crippen molar-refractivity contribution in [3.05, 3.63) is 23.5 Å². The number of nitrogens with one attached hydrogen (secondary N) is 1. The van der Waals surface area contributed by atoms with Crippen molar-refractivity contribution in [3.8, 4) is 0 Å². The minimum atomic E-state index is -1.31. The molecule has 0 bridgehead atoms. The summed E-state index contributed by atoms with van der Waals surface area (Å²) >= 11 is 0. The number of carboxylic acids is 1. The first-order valence-electron chi connectivity index (χ1n) is 5.57. The highest BCUT2D eigenvalue weighted by atomic mass is 19.1. The Labute approximate surface area is 104 Å². The molecule has 0 fully saturated rings. The molecule has 0 saturated carbocycles. The van der Waals surface area contributed by atoms with Gasteiger partial charge in [-0.1, -0.05) is 13.8 Å². The predicted molar refractivity (Wildman–Crippen MR) is 67.1 cm³/mol. The Hall–Kier alpha value is -1.82. The zero-order valence-electron chi connectivity index (χ0n) is 10.3. The smallest absolute Gasteiger partial charge is 0.340 e. The quantitative estimate of drug-likeness (QED) is 0.599. The third-order valence-corrected chi connectivity index (χ3v) is 2.75. The topological polar surface area (TPSA) is 95.6 Å². The number of aromatic carboxylic acids is 1. The molecule has 18 heavy (non-hydrogen) atoms. The average molecular weight is 256 g/mol. The van der Waals surface area contributed by atoms with Gasteiger partial charge >= 0.3 is 5.97 Å². The van der Waals surface area contributed by atoms with E-state index in [4.69, 9.17) is 10.8 Å². The highest BCUT2D eigenvalue weighted by Gasteiger charge is 2.20. The van der Waals surface area contributed by atoms with Crippen molar-refractivity contribution in [3.63, 3.8) is 0 Å². The van der Waals surface area contributed by atoms with Crippen molar-refractivity contribution in [1.82, 2.24) is 0 Å². The van der Waals surface area contributed by atoms with E-state index in [-0.39, 0.29) is 29.8 Å². The summed E-state index contributed by atoms with van der Waals surface area (Å²) in [4.78, 5) is 11.1. The molecule has 0 heterocycles. The molecule has 100 valence electrons. The molecule has 0 saturated heterocycles. The average Bonchev–Trinajstić information content (AvgIpc) is 2.29. The lowest BCUT2D eigenvalue weighted by Gasteiger charge is -2.22. The molecule has 0 amide bonds. The van der Waals surface area contributed by atoms with E-state index in [0.29, 0.717) is 0 Å². The molecule has 1 aromatic rings. The first-order chi connectivity index (χ1) is 8.38. The zero-order chi connectivity index (χ0) is 13.9. The van der Waals surface area contributed by atoms with Crippen LogP contribution in [0, 0.1) is 11.7 Å². The zero-order valence-corrected chi connectivity index (χ0v) is 10.3. The van der Waals surface area contributed by atoms with Gasteiger partial charge in [0.1, 0.15) is 11.4 Å². The van der Waals surface area contributed by atoms with Crippen LogP contribution in [-0.4, -0.2) is 28.8 Å². The number of nitrogen functional groups attached to an aromatic ring is 1. The van der Waals surface area contributed by atoms with E-state index in [2.05, 4.69) is 5.32 Å². The summed E-state index contributed by atoms with van der Waals surface area (Å²) in [6.07, 6.45) is 0. The van der Waals surface area contributed by atoms with Gasteiger partial charge in [0.2, 0.25) is 0 Å².